The van der Waals surface area contributed by atoms with Crippen molar-refractivity contribution in [3.8, 4) is 0 Å². The molecule has 2 aromatic carbocycles. The van der Waals surface area contributed by atoms with Crippen LogP contribution in [0.25, 0.3) is 10.9 Å². The number of hydrogen-bond acceptors (Lipinski definition) is 2. The lowest BCUT2D eigenvalue weighted by Crippen LogP contribution is -2.32. The fraction of sp³-hybridized carbons (Fsp3) is 0.348. The van der Waals surface area contributed by atoms with Crippen LogP contribution < -0.4 is 5.32 Å². The van der Waals surface area contributed by atoms with Gasteiger partial charge in [-0.3, -0.25) is 4.79 Å². The number of likely N-dealkylation sites (N-methyl/N-ethyl adjacent to an activating group) is 1. The predicted molar refractivity (Wildman–Crippen MR) is 122 cm³/mol. The molecule has 0 bridgehead atoms. The van der Waals surface area contributed by atoms with Gasteiger partial charge in [0, 0.05) is 42.5 Å². The maximum absolute atomic E-state index is 12.7. The summed E-state index contributed by atoms with van der Waals surface area (Å²) in [7, 11) is 3.98. The Hall–Kier alpha value is -2.01. The van der Waals surface area contributed by atoms with Crippen LogP contribution in [0.3, 0.4) is 0 Å². The van der Waals surface area contributed by atoms with E-state index in [1.807, 2.05) is 37.3 Å². The van der Waals surface area contributed by atoms with Crippen molar-refractivity contribution in [1.29, 1.82) is 0 Å². The molecule has 0 radical (unpaired) electrons. The second-order valence-corrected chi connectivity index (χ2v) is 8.34. The first kappa shape index (κ1) is 21.7. The number of halogens is 2. The van der Waals surface area contributed by atoms with Gasteiger partial charge in [0.05, 0.1) is 10.0 Å². The third-order valence-electron chi connectivity index (χ3n) is 5.21. The van der Waals surface area contributed by atoms with Crippen molar-refractivity contribution >= 4 is 40.0 Å². The molecule has 0 saturated heterocycles. The molecule has 1 aromatic heterocycles. The molecular weight excluding hydrogens is 405 g/mol. The van der Waals surface area contributed by atoms with Crippen LogP contribution in [0.5, 0.6) is 0 Å². The molecule has 2 N–H and O–H groups in total. The number of aromatic nitrogens is 1. The Morgan fingerprint density at radius 2 is 1.97 bits per heavy atom. The molecule has 0 aliphatic heterocycles. The largest absolute Gasteiger partial charge is 0.361 e. The molecule has 1 heterocycles. The normalized spacial score (nSPS) is 12.5. The molecule has 4 nitrogen and oxygen atoms in total. The highest BCUT2D eigenvalue weighted by Crippen LogP contribution is 2.36. The molecule has 0 aliphatic rings. The van der Waals surface area contributed by atoms with Gasteiger partial charge in [-0.05, 0) is 49.3 Å². The number of benzene rings is 2. The number of aromatic amines is 1. The van der Waals surface area contributed by atoms with Crippen molar-refractivity contribution in [1.82, 2.24) is 15.2 Å². The molecule has 154 valence electrons. The van der Waals surface area contributed by atoms with Crippen molar-refractivity contribution in [2.24, 2.45) is 0 Å². The van der Waals surface area contributed by atoms with Crippen molar-refractivity contribution in [3.63, 3.8) is 0 Å². The molecule has 3 rings (SSSR count). The van der Waals surface area contributed by atoms with Gasteiger partial charge < -0.3 is 15.2 Å². The van der Waals surface area contributed by atoms with Gasteiger partial charge in [-0.15, -0.1) is 0 Å². The summed E-state index contributed by atoms with van der Waals surface area (Å²) in [5.41, 5.74) is 4.46. The van der Waals surface area contributed by atoms with Gasteiger partial charge in [-0.1, -0.05) is 54.4 Å². The number of para-hydroxylation sites is 1. The Morgan fingerprint density at radius 1 is 1.17 bits per heavy atom. The summed E-state index contributed by atoms with van der Waals surface area (Å²) in [5, 5.41) is 5.17. The minimum absolute atomic E-state index is 0.0175. The summed E-state index contributed by atoms with van der Waals surface area (Å²) in [4.78, 5) is 18.2. The lowest BCUT2D eigenvalue weighted by atomic mass is 9.87. The van der Waals surface area contributed by atoms with Gasteiger partial charge in [0.1, 0.15) is 0 Å². The summed E-state index contributed by atoms with van der Waals surface area (Å²) in [5.74, 6) is -0.103. The summed E-state index contributed by atoms with van der Waals surface area (Å²) < 4.78 is 0. The molecule has 1 atom stereocenters. The molecule has 0 fully saturated rings. The minimum atomic E-state index is -0.120. The fourth-order valence-corrected chi connectivity index (χ4v) is 3.94. The second kappa shape index (κ2) is 9.66. The standard InChI is InChI=1S/C23H27Cl2N3O/c1-4-15-6-5-7-17-19(14-27-23(15)17)18(13-22(29)26-10-11-28(2)3)16-8-9-20(24)21(25)12-16/h5-9,12,14,18,27H,4,10-11,13H2,1-3H3,(H,26,29). The lowest BCUT2D eigenvalue weighted by Gasteiger charge is -2.18. The van der Waals surface area contributed by atoms with Gasteiger partial charge in [-0.25, -0.2) is 0 Å². The van der Waals surface area contributed by atoms with E-state index in [9.17, 15) is 4.79 Å². The topological polar surface area (TPSA) is 48.1 Å². The first-order chi connectivity index (χ1) is 13.9. The number of hydrogen-bond donors (Lipinski definition) is 2. The van der Waals surface area contributed by atoms with Gasteiger partial charge in [0.2, 0.25) is 5.91 Å². The number of amides is 1. The maximum atomic E-state index is 12.7. The van der Waals surface area contributed by atoms with Crippen molar-refractivity contribution < 1.29 is 4.79 Å². The monoisotopic (exact) mass is 431 g/mol. The van der Waals surface area contributed by atoms with Crippen LogP contribution in [0.2, 0.25) is 10.0 Å². The van der Waals surface area contributed by atoms with Crippen LogP contribution in [0, 0.1) is 0 Å². The highest BCUT2D eigenvalue weighted by Gasteiger charge is 2.22. The summed E-state index contributed by atoms with van der Waals surface area (Å²) >= 11 is 12.4. The quantitative estimate of drug-likeness (QED) is 0.512. The number of nitrogens with one attached hydrogen (secondary N) is 2. The molecule has 1 unspecified atom stereocenters. The molecule has 6 heteroatoms. The Morgan fingerprint density at radius 3 is 2.66 bits per heavy atom. The van der Waals surface area contributed by atoms with Gasteiger partial charge >= 0.3 is 0 Å². The maximum Gasteiger partial charge on any atom is 0.220 e. The van der Waals surface area contributed by atoms with Crippen LogP contribution in [0.4, 0.5) is 0 Å². The first-order valence-electron chi connectivity index (χ1n) is 9.86. The second-order valence-electron chi connectivity index (χ2n) is 7.52. The number of fused-ring (bicyclic) bond motifs is 1. The molecule has 0 spiro atoms. The van der Waals surface area contributed by atoms with E-state index in [0.717, 1.165) is 35.0 Å². The number of H-pyrrole nitrogens is 1. The van der Waals surface area contributed by atoms with E-state index in [0.29, 0.717) is 23.0 Å². The summed E-state index contributed by atoms with van der Waals surface area (Å²) in [6.07, 6.45) is 3.30. The summed E-state index contributed by atoms with van der Waals surface area (Å²) in [6.45, 7) is 3.56. The zero-order valence-electron chi connectivity index (χ0n) is 17.1. The molecule has 29 heavy (non-hydrogen) atoms. The van der Waals surface area contributed by atoms with E-state index in [4.69, 9.17) is 23.2 Å². The molecule has 0 aliphatic carbocycles. The van der Waals surface area contributed by atoms with E-state index < -0.39 is 0 Å². The van der Waals surface area contributed by atoms with Crippen molar-refractivity contribution in [2.75, 3.05) is 27.2 Å². The molecule has 1 amide bonds. The zero-order chi connectivity index (χ0) is 21.0. The number of carbonyl (C=O) groups is 1. The van der Waals surface area contributed by atoms with Crippen LogP contribution >= 0.6 is 23.2 Å². The lowest BCUT2D eigenvalue weighted by molar-refractivity contribution is -0.121. The zero-order valence-corrected chi connectivity index (χ0v) is 18.6. The van der Waals surface area contributed by atoms with Crippen LogP contribution in [0.15, 0.2) is 42.6 Å². The van der Waals surface area contributed by atoms with E-state index in [-0.39, 0.29) is 11.8 Å². The smallest absolute Gasteiger partial charge is 0.220 e. The molecule has 0 saturated carbocycles. The van der Waals surface area contributed by atoms with Crippen LogP contribution in [-0.4, -0.2) is 43.0 Å². The number of aryl methyl sites for hydroxylation is 1. The third-order valence-corrected chi connectivity index (χ3v) is 5.95. The van der Waals surface area contributed by atoms with Gasteiger partial charge in [0.15, 0.2) is 0 Å². The average Bonchev–Trinajstić information content (AvgIpc) is 3.12. The number of rotatable bonds is 8. The fourth-order valence-electron chi connectivity index (χ4n) is 3.63. The minimum Gasteiger partial charge on any atom is -0.361 e. The van der Waals surface area contributed by atoms with Gasteiger partial charge in [-0.2, -0.15) is 0 Å². The Kier molecular flexibility index (Phi) is 7.23. The highest BCUT2D eigenvalue weighted by molar-refractivity contribution is 6.42. The van der Waals surface area contributed by atoms with Crippen LogP contribution in [-0.2, 0) is 11.2 Å². The predicted octanol–water partition coefficient (Wildman–Crippen LogP) is 5.24. The average molecular weight is 432 g/mol. The van der Waals surface area contributed by atoms with E-state index >= 15 is 0 Å². The van der Waals surface area contributed by atoms with Gasteiger partial charge in [0.25, 0.3) is 0 Å². The Balaban J connectivity index is 1.97. The highest BCUT2D eigenvalue weighted by atomic mass is 35.5. The first-order valence-corrected chi connectivity index (χ1v) is 10.6. The Labute approximate surface area is 182 Å². The summed E-state index contributed by atoms with van der Waals surface area (Å²) in [6, 6.07) is 11.9. The van der Waals surface area contributed by atoms with E-state index in [1.165, 1.54) is 5.56 Å². The van der Waals surface area contributed by atoms with E-state index in [1.54, 1.807) is 6.07 Å². The van der Waals surface area contributed by atoms with E-state index in [2.05, 4.69) is 35.4 Å². The number of carbonyl (C=O) groups excluding carboxylic acids is 1. The Bertz CT molecular complexity index is 997. The van der Waals surface area contributed by atoms with Crippen LogP contribution in [0.1, 0.15) is 36.0 Å². The van der Waals surface area contributed by atoms with Crippen molar-refractivity contribution in [2.45, 2.75) is 25.7 Å². The third kappa shape index (κ3) is 5.13. The molecular formula is C23H27Cl2N3O. The molecule has 3 aromatic rings. The van der Waals surface area contributed by atoms with Crippen molar-refractivity contribution in [3.05, 3.63) is 69.3 Å². The number of nitrogens with zero attached hydrogens (tertiary/aromatic N) is 1. The SMILES string of the molecule is CCc1cccc2c(C(CC(=O)NCCN(C)C)c3ccc(Cl)c(Cl)c3)c[nH]c12.